The second-order valence-corrected chi connectivity index (χ2v) is 16.7. The Hall–Kier alpha value is -4.18. The van der Waals surface area contributed by atoms with Gasteiger partial charge in [0, 0.05) is 62.2 Å². The van der Waals surface area contributed by atoms with E-state index < -0.39 is 99.1 Å². The Labute approximate surface area is 324 Å². The van der Waals surface area contributed by atoms with Crippen LogP contribution in [0.1, 0.15) is 89.9 Å². The predicted molar refractivity (Wildman–Crippen MR) is 201 cm³/mol. The van der Waals surface area contributed by atoms with Gasteiger partial charge in [-0.05, 0) is 50.0 Å². The van der Waals surface area contributed by atoms with Crippen LogP contribution in [0.3, 0.4) is 0 Å². The van der Waals surface area contributed by atoms with Gasteiger partial charge >= 0.3 is 11.7 Å². The number of halogens is 2. The number of ether oxygens (including phenoxy) is 1. The van der Waals surface area contributed by atoms with Crippen LogP contribution in [0.25, 0.3) is 11.0 Å². The van der Waals surface area contributed by atoms with Crippen molar-refractivity contribution in [2.45, 2.75) is 102 Å². The lowest BCUT2D eigenvalue weighted by Crippen LogP contribution is -2.74. The third-order valence-electron chi connectivity index (χ3n) is 12.9. The molecular weight excluding hydrogens is 734 g/mol. The molecule has 2 aromatic rings. The number of unbranched alkanes of at least 4 members (excludes halogenated alkanes) is 5. The molecule has 0 aliphatic heterocycles. The first-order chi connectivity index (χ1) is 26.1. The van der Waals surface area contributed by atoms with Crippen LogP contribution in [0.2, 0.25) is 0 Å². The normalized spacial score (nSPS) is 29.6. The molecule has 1 saturated carbocycles. The van der Waals surface area contributed by atoms with Crippen molar-refractivity contribution in [3.8, 4) is 5.75 Å². The number of amides is 2. The van der Waals surface area contributed by atoms with Gasteiger partial charge in [-0.25, -0.2) is 14.0 Å². The van der Waals surface area contributed by atoms with E-state index in [1.165, 1.54) is 16.8 Å². The van der Waals surface area contributed by atoms with Crippen molar-refractivity contribution in [1.29, 1.82) is 0 Å². The highest BCUT2D eigenvalue weighted by Crippen LogP contribution is 2.63. The number of Topliss-reactive ketones (excluding diaryl/α,β-unsaturated/α-hetero) is 1. The van der Waals surface area contributed by atoms with Crippen molar-refractivity contribution in [2.24, 2.45) is 23.2 Å². The van der Waals surface area contributed by atoms with E-state index in [-0.39, 0.29) is 17.4 Å². The minimum atomic E-state index is -1.99. The quantitative estimate of drug-likeness (QED) is 0.115. The molecule has 0 radical (unpaired) electrons. The number of phenols is 1. The van der Waals surface area contributed by atoms with E-state index in [9.17, 15) is 53.5 Å². The Kier molecular flexibility index (Phi) is 12.0. The zero-order valence-electron chi connectivity index (χ0n) is 33.0. The second kappa shape index (κ2) is 15.6. The van der Waals surface area contributed by atoms with Gasteiger partial charge in [-0.15, -0.1) is 0 Å². The highest BCUT2D eigenvalue weighted by atomic mass is 19.1. The van der Waals surface area contributed by atoms with Gasteiger partial charge in [0.05, 0.1) is 18.3 Å². The highest BCUT2D eigenvalue weighted by molar-refractivity contribution is 6.05. The molecule has 308 valence electrons. The van der Waals surface area contributed by atoms with E-state index in [0.717, 1.165) is 37.8 Å². The van der Waals surface area contributed by atoms with Gasteiger partial charge in [-0.2, -0.15) is 4.39 Å². The average Bonchev–Trinajstić information content (AvgIpc) is 3.31. The van der Waals surface area contributed by atoms with Gasteiger partial charge in [0.15, 0.2) is 22.9 Å². The van der Waals surface area contributed by atoms with Crippen LogP contribution in [0.15, 0.2) is 44.6 Å². The van der Waals surface area contributed by atoms with E-state index in [0.29, 0.717) is 37.1 Å². The SMILES string of the molecule is CC1=C[C@H]2[C@@]3(O)[C@H](C)[C@@H](O)[C@@](C)(OC(=O)N(C)CCCCCCCCN(C)C(=O)c4cc5cc(F)c(O)c(F)c5oc4=O)C(C)(C)[C@@H]3C=C(CO)C[C@]2(O)C1=O. The molecule has 15 heteroatoms. The Bertz CT molecular complexity index is 2010. The van der Waals surface area contributed by atoms with E-state index in [1.807, 2.05) is 0 Å². The number of phenolic OH excluding ortho intramolecular Hbond substituents is 1. The van der Waals surface area contributed by atoms with Gasteiger partial charge in [-0.1, -0.05) is 58.6 Å². The lowest BCUT2D eigenvalue weighted by molar-refractivity contribution is -0.280. The number of aromatic hydroxyl groups is 1. The molecule has 0 unspecified atom stereocenters. The Balaban J connectivity index is 1.12. The summed E-state index contributed by atoms with van der Waals surface area (Å²) in [6, 6.07) is 1.82. The number of ketones is 1. The first-order valence-corrected chi connectivity index (χ1v) is 19.1. The molecule has 0 saturated heterocycles. The molecule has 0 bridgehead atoms. The standard InChI is InChI=1S/C41H54F2N2O11/c1-22-16-29-40(53,33(22)48)20-24(21-46)17-28-38(3,4)39(5,34(49)23(2)41(28,29)54)56-37(52)45(7)15-13-11-9-8-10-12-14-44(6)35(50)26-18-25-19-27(42)31(47)30(43)32(25)55-36(26)51/h16-19,23,28-29,34,46-47,49,53-54H,8-15,20-21H2,1-7H3/t23-,28+,29-,34-,39-,40-,41-/m1/s1. The first-order valence-electron chi connectivity index (χ1n) is 19.1. The maximum absolute atomic E-state index is 14.1. The second-order valence-electron chi connectivity index (χ2n) is 16.7. The Morgan fingerprint density at radius 3 is 2.14 bits per heavy atom. The third kappa shape index (κ3) is 7.05. The molecule has 13 nitrogen and oxygen atoms in total. The summed E-state index contributed by atoms with van der Waals surface area (Å²) in [6.45, 7) is 8.57. The summed E-state index contributed by atoms with van der Waals surface area (Å²) < 4.78 is 39.0. The molecule has 5 rings (SSSR count). The van der Waals surface area contributed by atoms with Gasteiger partial charge in [0.2, 0.25) is 5.82 Å². The largest absolute Gasteiger partial charge is 0.503 e. The van der Waals surface area contributed by atoms with Crippen LogP contribution in [0.4, 0.5) is 13.6 Å². The number of hydrogen-bond acceptors (Lipinski definition) is 11. The first kappa shape index (κ1) is 43.0. The molecule has 0 spiro atoms. The number of carbonyl (C=O) groups excluding carboxylic acids is 3. The maximum Gasteiger partial charge on any atom is 0.410 e. The topological polar surface area (TPSA) is 198 Å². The van der Waals surface area contributed by atoms with Gasteiger partial charge in [0.1, 0.15) is 16.8 Å². The molecule has 1 fully saturated rings. The van der Waals surface area contributed by atoms with Gasteiger partial charge < -0.3 is 44.5 Å². The van der Waals surface area contributed by atoms with Crippen LogP contribution >= 0.6 is 0 Å². The van der Waals surface area contributed by atoms with Crippen LogP contribution in [0.5, 0.6) is 5.75 Å². The molecule has 1 aromatic heterocycles. The minimum Gasteiger partial charge on any atom is -0.503 e. The van der Waals surface area contributed by atoms with Crippen molar-refractivity contribution in [3.05, 3.63) is 63.0 Å². The van der Waals surface area contributed by atoms with Gasteiger partial charge in [0.25, 0.3) is 5.91 Å². The molecule has 5 N–H and O–H groups in total. The number of aliphatic hydroxyl groups is 4. The number of hydrogen-bond donors (Lipinski definition) is 5. The van der Waals surface area contributed by atoms with Crippen molar-refractivity contribution in [3.63, 3.8) is 0 Å². The summed E-state index contributed by atoms with van der Waals surface area (Å²) in [5.74, 6) is -8.02. The minimum absolute atomic E-state index is 0.176. The van der Waals surface area contributed by atoms with E-state index in [4.69, 9.17) is 9.15 Å². The zero-order chi connectivity index (χ0) is 41.7. The smallest absolute Gasteiger partial charge is 0.410 e. The summed E-state index contributed by atoms with van der Waals surface area (Å²) in [4.78, 5) is 54.8. The van der Waals surface area contributed by atoms with Crippen LogP contribution in [-0.2, 0) is 9.53 Å². The summed E-state index contributed by atoms with van der Waals surface area (Å²) in [5.41, 5.74) is -7.96. The maximum atomic E-state index is 14.1. The van der Waals surface area contributed by atoms with Crippen LogP contribution in [-0.4, -0.2) is 110 Å². The monoisotopic (exact) mass is 788 g/mol. The molecule has 3 aliphatic rings. The van der Waals surface area contributed by atoms with Crippen LogP contribution in [0, 0.1) is 34.8 Å². The van der Waals surface area contributed by atoms with Crippen molar-refractivity contribution < 1.29 is 57.9 Å². The Morgan fingerprint density at radius 2 is 1.54 bits per heavy atom. The molecule has 3 aliphatic carbocycles. The van der Waals surface area contributed by atoms with Crippen molar-refractivity contribution >= 4 is 28.8 Å². The molecule has 56 heavy (non-hydrogen) atoms. The summed E-state index contributed by atoms with van der Waals surface area (Å²) in [6.07, 6.45) is 5.50. The van der Waals surface area contributed by atoms with Gasteiger partial charge in [-0.3, -0.25) is 9.59 Å². The van der Waals surface area contributed by atoms with E-state index in [2.05, 4.69) is 0 Å². The summed E-state index contributed by atoms with van der Waals surface area (Å²) in [5, 5.41) is 55.6. The number of fused-ring (bicyclic) bond motifs is 4. The van der Waals surface area contributed by atoms with Crippen molar-refractivity contribution in [2.75, 3.05) is 33.8 Å². The van der Waals surface area contributed by atoms with Crippen LogP contribution < -0.4 is 5.63 Å². The average molecular weight is 789 g/mol. The predicted octanol–water partition coefficient (Wildman–Crippen LogP) is 4.60. The highest BCUT2D eigenvalue weighted by Gasteiger charge is 2.73. The van der Waals surface area contributed by atoms with Crippen molar-refractivity contribution in [1.82, 2.24) is 9.80 Å². The number of aliphatic hydroxyl groups excluding tert-OH is 2. The zero-order valence-corrected chi connectivity index (χ0v) is 33.0. The number of rotatable bonds is 12. The van der Waals surface area contributed by atoms with E-state index >= 15 is 0 Å². The fraction of sp³-hybridized carbons (Fsp3) is 0.610. The molecule has 2 amide bonds. The summed E-state index contributed by atoms with van der Waals surface area (Å²) in [7, 11) is 3.10. The summed E-state index contributed by atoms with van der Waals surface area (Å²) >= 11 is 0. The molecule has 7 atom stereocenters. The fourth-order valence-electron chi connectivity index (χ4n) is 9.09. The van der Waals surface area contributed by atoms with E-state index in [1.54, 1.807) is 53.8 Å². The number of carbonyl (C=O) groups is 3. The lowest BCUT2D eigenvalue weighted by atomic mass is 9.47. The lowest BCUT2D eigenvalue weighted by Gasteiger charge is -2.63. The Morgan fingerprint density at radius 1 is 0.946 bits per heavy atom. The molecule has 1 heterocycles. The molecular formula is C41H54F2N2O11. The molecule has 1 aromatic carbocycles. The number of benzene rings is 1. The third-order valence-corrected chi connectivity index (χ3v) is 12.9. The fourth-order valence-corrected chi connectivity index (χ4v) is 9.09. The number of nitrogens with zero attached hydrogens (tertiary/aromatic N) is 2.